The van der Waals surface area contributed by atoms with Gasteiger partial charge in [-0.15, -0.1) is 0 Å². The fraction of sp³-hybridized carbons (Fsp3) is 0.333. The van der Waals surface area contributed by atoms with Crippen molar-refractivity contribution in [3.8, 4) is 11.8 Å². The first-order valence-electron chi connectivity index (χ1n) is 6.12. The van der Waals surface area contributed by atoms with Gasteiger partial charge in [0.2, 0.25) is 0 Å². The first-order valence-corrected chi connectivity index (χ1v) is 6.12. The molecule has 0 amide bonds. The minimum Gasteiger partial charge on any atom is -0.494 e. The van der Waals surface area contributed by atoms with Crippen LogP contribution in [0, 0.1) is 11.3 Å². The van der Waals surface area contributed by atoms with Gasteiger partial charge in [0.1, 0.15) is 17.4 Å². The highest BCUT2D eigenvalue weighted by Gasteiger charge is 2.12. The molecule has 0 aliphatic heterocycles. The van der Waals surface area contributed by atoms with E-state index in [0.717, 1.165) is 11.3 Å². The van der Waals surface area contributed by atoms with Gasteiger partial charge in [-0.1, -0.05) is 12.1 Å². The van der Waals surface area contributed by atoms with Gasteiger partial charge in [0.25, 0.3) is 0 Å². The SMILES string of the molecule is CCOc1ccc(/C=C(\C#N)C(=O)OC(C)C)cc1. The molecule has 0 unspecified atom stereocenters. The summed E-state index contributed by atoms with van der Waals surface area (Å²) in [6.45, 7) is 5.98. The molecule has 0 heterocycles. The summed E-state index contributed by atoms with van der Waals surface area (Å²) in [5, 5.41) is 8.97. The maximum atomic E-state index is 11.6. The van der Waals surface area contributed by atoms with Crippen LogP contribution in [0.4, 0.5) is 0 Å². The Morgan fingerprint density at radius 2 is 2.00 bits per heavy atom. The molecular weight excluding hydrogens is 242 g/mol. The number of esters is 1. The Balaban J connectivity index is 2.86. The van der Waals surface area contributed by atoms with Crippen LogP contribution in [0.2, 0.25) is 0 Å². The van der Waals surface area contributed by atoms with Crippen LogP contribution in [0.25, 0.3) is 6.08 Å². The molecule has 0 aliphatic carbocycles. The quantitative estimate of drug-likeness (QED) is 0.463. The summed E-state index contributed by atoms with van der Waals surface area (Å²) in [5.41, 5.74) is 0.735. The van der Waals surface area contributed by atoms with Gasteiger partial charge in [-0.05, 0) is 44.5 Å². The molecule has 1 aromatic carbocycles. The normalized spacial score (nSPS) is 11.0. The van der Waals surface area contributed by atoms with Crippen LogP contribution >= 0.6 is 0 Å². The molecule has 4 heteroatoms. The molecule has 0 aromatic heterocycles. The third-order valence-electron chi connectivity index (χ3n) is 2.19. The molecule has 4 nitrogen and oxygen atoms in total. The van der Waals surface area contributed by atoms with Crippen LogP contribution in [-0.2, 0) is 9.53 Å². The lowest BCUT2D eigenvalue weighted by Gasteiger charge is -2.06. The van der Waals surface area contributed by atoms with E-state index in [9.17, 15) is 4.79 Å². The molecule has 0 radical (unpaired) electrons. The second-order valence-corrected chi connectivity index (χ2v) is 4.13. The van der Waals surface area contributed by atoms with Crippen LogP contribution in [0.5, 0.6) is 5.75 Å². The summed E-state index contributed by atoms with van der Waals surface area (Å²) in [7, 11) is 0. The number of rotatable bonds is 5. The van der Waals surface area contributed by atoms with Crippen LogP contribution in [0.1, 0.15) is 26.3 Å². The average Bonchev–Trinajstić information content (AvgIpc) is 2.37. The zero-order chi connectivity index (χ0) is 14.3. The molecule has 1 rings (SSSR count). The number of ether oxygens (including phenoxy) is 2. The third kappa shape index (κ3) is 4.84. The fourth-order valence-electron chi connectivity index (χ4n) is 1.41. The predicted molar refractivity (Wildman–Crippen MR) is 72.4 cm³/mol. The summed E-state index contributed by atoms with van der Waals surface area (Å²) in [4.78, 5) is 11.6. The van der Waals surface area contributed by atoms with E-state index in [1.165, 1.54) is 6.08 Å². The number of nitriles is 1. The zero-order valence-corrected chi connectivity index (χ0v) is 11.3. The lowest BCUT2D eigenvalue weighted by Crippen LogP contribution is -2.12. The van der Waals surface area contributed by atoms with Crippen LogP contribution in [0.3, 0.4) is 0 Å². The molecular formula is C15H17NO3. The van der Waals surface area contributed by atoms with Gasteiger partial charge in [0.05, 0.1) is 12.7 Å². The van der Waals surface area contributed by atoms with Gasteiger partial charge in [-0.3, -0.25) is 0 Å². The summed E-state index contributed by atoms with van der Waals surface area (Å²) >= 11 is 0. The van der Waals surface area contributed by atoms with Crippen LogP contribution < -0.4 is 4.74 Å². The lowest BCUT2D eigenvalue weighted by atomic mass is 10.1. The highest BCUT2D eigenvalue weighted by atomic mass is 16.5. The van der Waals surface area contributed by atoms with Crippen molar-refractivity contribution in [3.63, 3.8) is 0 Å². The molecule has 1 aromatic rings. The largest absolute Gasteiger partial charge is 0.494 e. The fourth-order valence-corrected chi connectivity index (χ4v) is 1.41. The van der Waals surface area contributed by atoms with Crippen molar-refractivity contribution in [1.82, 2.24) is 0 Å². The van der Waals surface area contributed by atoms with E-state index >= 15 is 0 Å². The topological polar surface area (TPSA) is 59.3 Å². The van der Waals surface area contributed by atoms with Crippen molar-refractivity contribution >= 4 is 12.0 Å². The van der Waals surface area contributed by atoms with Crippen molar-refractivity contribution in [2.45, 2.75) is 26.9 Å². The molecule has 0 atom stereocenters. The molecule has 0 N–H and O–H groups in total. The van der Waals surface area contributed by atoms with E-state index in [4.69, 9.17) is 14.7 Å². The number of benzene rings is 1. The Bertz CT molecular complexity index is 495. The van der Waals surface area contributed by atoms with Crippen LogP contribution in [0.15, 0.2) is 29.8 Å². The van der Waals surface area contributed by atoms with E-state index in [0.29, 0.717) is 6.61 Å². The molecule has 0 spiro atoms. The van der Waals surface area contributed by atoms with Crippen molar-refractivity contribution in [2.75, 3.05) is 6.61 Å². The van der Waals surface area contributed by atoms with E-state index in [-0.39, 0.29) is 11.7 Å². The second kappa shape index (κ2) is 7.22. The zero-order valence-electron chi connectivity index (χ0n) is 11.3. The summed E-state index contributed by atoms with van der Waals surface area (Å²) in [6, 6.07) is 9.00. The van der Waals surface area contributed by atoms with Gasteiger partial charge in [0.15, 0.2) is 0 Å². The first-order chi connectivity index (χ1) is 9.06. The van der Waals surface area contributed by atoms with Gasteiger partial charge < -0.3 is 9.47 Å². The van der Waals surface area contributed by atoms with E-state index in [1.54, 1.807) is 38.1 Å². The maximum absolute atomic E-state index is 11.6. The minimum atomic E-state index is -0.605. The number of nitrogens with zero attached hydrogens (tertiary/aromatic N) is 1. The molecule has 0 saturated heterocycles. The Labute approximate surface area is 113 Å². The number of carbonyl (C=O) groups excluding carboxylic acids is 1. The Morgan fingerprint density at radius 1 is 1.37 bits per heavy atom. The Morgan fingerprint density at radius 3 is 2.47 bits per heavy atom. The highest BCUT2D eigenvalue weighted by molar-refractivity contribution is 5.97. The van der Waals surface area contributed by atoms with Crippen LogP contribution in [-0.4, -0.2) is 18.7 Å². The van der Waals surface area contributed by atoms with Crippen molar-refractivity contribution in [3.05, 3.63) is 35.4 Å². The lowest BCUT2D eigenvalue weighted by molar-refractivity contribution is -0.142. The van der Waals surface area contributed by atoms with Gasteiger partial charge in [0, 0.05) is 0 Å². The van der Waals surface area contributed by atoms with E-state index in [1.807, 2.05) is 13.0 Å². The molecule has 100 valence electrons. The third-order valence-corrected chi connectivity index (χ3v) is 2.19. The van der Waals surface area contributed by atoms with E-state index in [2.05, 4.69) is 0 Å². The minimum absolute atomic E-state index is 0.0159. The molecule has 0 saturated carbocycles. The molecule has 0 fully saturated rings. The van der Waals surface area contributed by atoms with Gasteiger partial charge >= 0.3 is 5.97 Å². The highest BCUT2D eigenvalue weighted by Crippen LogP contribution is 2.15. The Hall–Kier alpha value is -2.28. The summed E-state index contributed by atoms with van der Waals surface area (Å²) in [5.74, 6) is 0.147. The number of carbonyl (C=O) groups is 1. The Kier molecular flexibility index (Phi) is 5.62. The molecule has 19 heavy (non-hydrogen) atoms. The summed E-state index contributed by atoms with van der Waals surface area (Å²) < 4.78 is 10.3. The predicted octanol–water partition coefficient (Wildman–Crippen LogP) is 2.94. The summed E-state index contributed by atoms with van der Waals surface area (Å²) in [6.07, 6.45) is 1.25. The van der Waals surface area contributed by atoms with Crippen molar-refractivity contribution < 1.29 is 14.3 Å². The molecule has 0 bridgehead atoms. The standard InChI is InChI=1S/C15H17NO3/c1-4-18-14-7-5-12(6-8-14)9-13(10-16)15(17)19-11(2)3/h5-9,11H,4H2,1-3H3/b13-9+. The molecule has 0 aliphatic rings. The van der Waals surface area contributed by atoms with E-state index < -0.39 is 5.97 Å². The maximum Gasteiger partial charge on any atom is 0.349 e. The number of hydrogen-bond acceptors (Lipinski definition) is 4. The number of hydrogen-bond donors (Lipinski definition) is 0. The smallest absolute Gasteiger partial charge is 0.349 e. The van der Waals surface area contributed by atoms with Gasteiger partial charge in [-0.2, -0.15) is 5.26 Å². The average molecular weight is 259 g/mol. The second-order valence-electron chi connectivity index (χ2n) is 4.13. The van der Waals surface area contributed by atoms with Gasteiger partial charge in [-0.25, -0.2) is 4.79 Å². The monoisotopic (exact) mass is 259 g/mol. The van der Waals surface area contributed by atoms with Crippen molar-refractivity contribution in [2.24, 2.45) is 0 Å². The van der Waals surface area contributed by atoms with Crippen molar-refractivity contribution in [1.29, 1.82) is 5.26 Å². The first kappa shape index (κ1) is 14.8.